The van der Waals surface area contributed by atoms with E-state index in [2.05, 4.69) is 10.6 Å². The molecule has 1 saturated heterocycles. The van der Waals surface area contributed by atoms with Crippen molar-refractivity contribution in [3.63, 3.8) is 0 Å². The van der Waals surface area contributed by atoms with Gasteiger partial charge in [-0.3, -0.25) is 4.79 Å². The minimum Gasteiger partial charge on any atom is -0.349 e. The molecule has 2 N–H and O–H groups in total. The summed E-state index contributed by atoms with van der Waals surface area (Å²) in [7, 11) is 0. The normalized spacial score (nSPS) is 19.9. The van der Waals surface area contributed by atoms with E-state index in [1.54, 1.807) is 0 Å². The van der Waals surface area contributed by atoms with Crippen LogP contribution in [0.5, 0.6) is 0 Å². The van der Waals surface area contributed by atoms with Gasteiger partial charge in [-0.1, -0.05) is 0 Å². The maximum atomic E-state index is 11.9. The van der Waals surface area contributed by atoms with Gasteiger partial charge in [-0.15, -0.1) is 11.3 Å². The molecule has 5 heteroatoms. The summed E-state index contributed by atoms with van der Waals surface area (Å²) in [6.45, 7) is 0.619. The number of halogens is 1. The molecule has 1 unspecified atom stereocenters. The monoisotopic (exact) mass is 242 g/mol. The van der Waals surface area contributed by atoms with Gasteiger partial charge in [0.05, 0.1) is 4.88 Å². The van der Waals surface area contributed by atoms with Gasteiger partial charge >= 0.3 is 0 Å². The average Bonchev–Trinajstić information content (AvgIpc) is 2.94. The van der Waals surface area contributed by atoms with Crippen LogP contribution in [0.3, 0.4) is 0 Å². The molecular weight excluding hydrogens is 227 g/mol. The van der Waals surface area contributed by atoms with E-state index in [0.29, 0.717) is 10.9 Å². The molecule has 1 atom stereocenters. The van der Waals surface area contributed by atoms with Crippen molar-refractivity contribution in [1.29, 1.82) is 0 Å². The van der Waals surface area contributed by atoms with Crippen LogP contribution >= 0.6 is 11.3 Å². The second kappa shape index (κ2) is 5.41. The van der Waals surface area contributed by atoms with E-state index in [1.165, 1.54) is 22.6 Å². The van der Waals surface area contributed by atoms with Crippen molar-refractivity contribution in [3.05, 3.63) is 21.9 Å². The van der Waals surface area contributed by atoms with Gasteiger partial charge in [0.1, 0.15) is 6.67 Å². The first kappa shape index (κ1) is 11.5. The summed E-state index contributed by atoms with van der Waals surface area (Å²) in [5.74, 6) is -0.174. The highest BCUT2D eigenvalue weighted by Gasteiger charge is 2.19. The molecule has 3 nitrogen and oxygen atoms in total. The molecule has 0 spiro atoms. The largest absolute Gasteiger partial charge is 0.349 e. The number of carbonyl (C=O) groups excluding carboxylic acids is 1. The molecule has 1 aliphatic heterocycles. The van der Waals surface area contributed by atoms with Crippen LogP contribution in [0, 0.1) is 0 Å². The smallest absolute Gasteiger partial charge is 0.261 e. The van der Waals surface area contributed by atoms with Crippen molar-refractivity contribution in [2.75, 3.05) is 19.8 Å². The van der Waals surface area contributed by atoms with Gasteiger partial charge in [-0.25, -0.2) is 4.39 Å². The zero-order chi connectivity index (χ0) is 11.4. The molecule has 1 aromatic rings. The fourth-order valence-electron chi connectivity index (χ4n) is 1.84. The Labute approximate surface area is 98.0 Å². The molecule has 0 bridgehead atoms. The zero-order valence-corrected chi connectivity index (χ0v) is 9.78. The van der Waals surface area contributed by atoms with Crippen LogP contribution in [-0.2, 0) is 0 Å². The van der Waals surface area contributed by atoms with Crippen molar-refractivity contribution < 1.29 is 9.18 Å². The van der Waals surface area contributed by atoms with Crippen molar-refractivity contribution in [2.45, 2.75) is 18.9 Å². The predicted molar refractivity (Wildman–Crippen MR) is 62.6 cm³/mol. The lowest BCUT2D eigenvalue weighted by atomic mass is 10.2. The number of amides is 1. The highest BCUT2D eigenvalue weighted by Crippen LogP contribution is 2.29. The van der Waals surface area contributed by atoms with Gasteiger partial charge in [0.25, 0.3) is 5.91 Å². The van der Waals surface area contributed by atoms with Gasteiger partial charge in [-0.05, 0) is 31.5 Å². The second-order valence-electron chi connectivity index (χ2n) is 3.80. The number of thiophene rings is 1. The Bertz CT molecular complexity index is 361. The SMILES string of the molecule is O=C(NCCF)c1ccc(C2CCCN2)s1. The summed E-state index contributed by atoms with van der Waals surface area (Å²) < 4.78 is 11.9. The summed E-state index contributed by atoms with van der Waals surface area (Å²) in [6.07, 6.45) is 2.32. The molecule has 0 aromatic carbocycles. The van der Waals surface area contributed by atoms with Crippen LogP contribution in [0.4, 0.5) is 4.39 Å². The Morgan fingerprint density at radius 1 is 1.62 bits per heavy atom. The van der Waals surface area contributed by atoms with E-state index < -0.39 is 6.67 Å². The van der Waals surface area contributed by atoms with Gasteiger partial charge in [0.15, 0.2) is 0 Å². The molecule has 1 aromatic heterocycles. The predicted octanol–water partition coefficient (Wildman–Crippen LogP) is 1.87. The maximum Gasteiger partial charge on any atom is 0.261 e. The second-order valence-corrected chi connectivity index (χ2v) is 4.91. The van der Waals surface area contributed by atoms with E-state index in [4.69, 9.17) is 0 Å². The molecule has 1 aliphatic rings. The number of alkyl halides is 1. The molecule has 88 valence electrons. The van der Waals surface area contributed by atoms with Crippen molar-refractivity contribution in [1.82, 2.24) is 10.6 Å². The van der Waals surface area contributed by atoms with Crippen LogP contribution in [0.25, 0.3) is 0 Å². The third-order valence-corrected chi connectivity index (χ3v) is 3.83. The summed E-state index contributed by atoms with van der Waals surface area (Å²) in [5, 5.41) is 5.92. The van der Waals surface area contributed by atoms with E-state index in [1.807, 2.05) is 12.1 Å². The summed E-state index contributed by atoms with van der Waals surface area (Å²) in [6, 6.07) is 4.19. The Morgan fingerprint density at radius 2 is 2.50 bits per heavy atom. The number of carbonyl (C=O) groups is 1. The molecular formula is C11H15FN2OS. The van der Waals surface area contributed by atoms with Crippen LogP contribution in [0.15, 0.2) is 12.1 Å². The van der Waals surface area contributed by atoms with E-state index >= 15 is 0 Å². The van der Waals surface area contributed by atoms with E-state index in [9.17, 15) is 9.18 Å². The van der Waals surface area contributed by atoms with Crippen LogP contribution in [0.2, 0.25) is 0 Å². The van der Waals surface area contributed by atoms with Crippen LogP contribution in [-0.4, -0.2) is 25.7 Å². The number of nitrogens with one attached hydrogen (secondary N) is 2. The summed E-state index contributed by atoms with van der Waals surface area (Å²) in [5.41, 5.74) is 0. The Kier molecular flexibility index (Phi) is 3.90. The van der Waals surface area contributed by atoms with Gasteiger partial charge in [0, 0.05) is 17.5 Å². The van der Waals surface area contributed by atoms with Gasteiger partial charge in [0.2, 0.25) is 0 Å². The Balaban J connectivity index is 1.98. The lowest BCUT2D eigenvalue weighted by Gasteiger charge is -2.05. The van der Waals surface area contributed by atoms with Crippen molar-refractivity contribution >= 4 is 17.2 Å². The lowest BCUT2D eigenvalue weighted by Crippen LogP contribution is -2.24. The minimum absolute atomic E-state index is 0.0910. The first-order valence-electron chi connectivity index (χ1n) is 5.48. The lowest BCUT2D eigenvalue weighted by molar-refractivity contribution is 0.0955. The number of hydrogen-bond donors (Lipinski definition) is 2. The molecule has 1 amide bonds. The van der Waals surface area contributed by atoms with Crippen molar-refractivity contribution in [3.8, 4) is 0 Å². The first-order valence-corrected chi connectivity index (χ1v) is 6.30. The topological polar surface area (TPSA) is 41.1 Å². The third-order valence-electron chi connectivity index (χ3n) is 2.63. The Morgan fingerprint density at radius 3 is 3.19 bits per heavy atom. The van der Waals surface area contributed by atoms with Crippen LogP contribution in [0.1, 0.15) is 33.4 Å². The molecule has 16 heavy (non-hydrogen) atoms. The highest BCUT2D eigenvalue weighted by molar-refractivity contribution is 7.14. The first-order chi connectivity index (χ1) is 7.81. The minimum atomic E-state index is -0.520. The third kappa shape index (κ3) is 2.59. The van der Waals surface area contributed by atoms with Gasteiger partial charge in [-0.2, -0.15) is 0 Å². The van der Waals surface area contributed by atoms with E-state index in [-0.39, 0.29) is 12.5 Å². The van der Waals surface area contributed by atoms with Crippen molar-refractivity contribution in [2.24, 2.45) is 0 Å². The molecule has 0 aliphatic carbocycles. The van der Waals surface area contributed by atoms with Gasteiger partial charge < -0.3 is 10.6 Å². The quantitative estimate of drug-likeness (QED) is 0.846. The molecule has 0 radical (unpaired) electrons. The zero-order valence-electron chi connectivity index (χ0n) is 8.96. The molecule has 1 fully saturated rings. The fraction of sp³-hybridized carbons (Fsp3) is 0.545. The van der Waals surface area contributed by atoms with Crippen LogP contribution < -0.4 is 10.6 Å². The average molecular weight is 242 g/mol. The molecule has 2 heterocycles. The summed E-state index contributed by atoms with van der Waals surface area (Å²) in [4.78, 5) is 13.4. The molecule has 0 saturated carbocycles. The maximum absolute atomic E-state index is 11.9. The number of hydrogen-bond acceptors (Lipinski definition) is 3. The number of rotatable bonds is 4. The Hall–Kier alpha value is -0.940. The molecule has 2 rings (SSSR count). The fourth-order valence-corrected chi connectivity index (χ4v) is 2.87. The highest BCUT2D eigenvalue weighted by atomic mass is 32.1. The standard InChI is InChI=1S/C11H15FN2OS/c12-5-7-14-11(15)10-4-3-9(16-10)8-2-1-6-13-8/h3-4,8,13H,1-2,5-7H2,(H,14,15). The van der Waals surface area contributed by atoms with E-state index in [0.717, 1.165) is 13.0 Å². The summed E-state index contributed by atoms with van der Waals surface area (Å²) >= 11 is 1.49.